The highest BCUT2D eigenvalue weighted by Crippen LogP contribution is 2.39. The van der Waals surface area contributed by atoms with Gasteiger partial charge in [-0.1, -0.05) is 35.3 Å². The van der Waals surface area contributed by atoms with E-state index in [0.717, 1.165) is 19.2 Å². The third kappa shape index (κ3) is 5.29. The lowest BCUT2D eigenvalue weighted by Gasteiger charge is -2.35. The number of hydrogen-bond donors (Lipinski definition) is 0. The van der Waals surface area contributed by atoms with Crippen LogP contribution in [0.3, 0.4) is 0 Å². The van der Waals surface area contributed by atoms with Gasteiger partial charge in [0.1, 0.15) is 0 Å². The molecular formula is C23H22Cl2F3N3OS. The topological polar surface area (TPSA) is 26.8 Å². The number of rotatable bonds is 3. The van der Waals surface area contributed by atoms with Gasteiger partial charge in [-0.25, -0.2) is 0 Å². The summed E-state index contributed by atoms with van der Waals surface area (Å²) in [5.41, 5.74) is 0.889. The molecule has 4 rings (SSSR count). The third-order valence-electron chi connectivity index (χ3n) is 5.74. The van der Waals surface area contributed by atoms with Crippen LogP contribution in [0.25, 0.3) is 6.08 Å². The first kappa shape index (κ1) is 24.3. The number of benzene rings is 2. The quantitative estimate of drug-likeness (QED) is 0.476. The Morgan fingerprint density at radius 1 is 1.00 bits per heavy atom. The van der Waals surface area contributed by atoms with E-state index >= 15 is 0 Å². The summed E-state index contributed by atoms with van der Waals surface area (Å²) in [4.78, 5) is 19.4. The summed E-state index contributed by atoms with van der Waals surface area (Å²) in [6.45, 7) is 3.18. The van der Waals surface area contributed by atoms with Gasteiger partial charge in [-0.2, -0.15) is 13.2 Å². The number of nitrogens with zero attached hydrogens (tertiary/aromatic N) is 3. The third-order valence-corrected chi connectivity index (χ3v) is 7.54. The summed E-state index contributed by atoms with van der Waals surface area (Å²) in [6.07, 6.45) is -2.76. The summed E-state index contributed by atoms with van der Waals surface area (Å²) >= 11 is 13.8. The summed E-state index contributed by atoms with van der Waals surface area (Å²) in [6, 6.07) is 8.80. The lowest BCUT2D eigenvalue weighted by molar-refractivity contribution is -0.137. The molecule has 0 N–H and O–H groups in total. The molecule has 10 heteroatoms. The Hall–Kier alpha value is -1.87. The molecule has 4 nitrogen and oxygen atoms in total. The van der Waals surface area contributed by atoms with Crippen LogP contribution < -0.4 is 9.80 Å². The molecule has 0 aliphatic carbocycles. The van der Waals surface area contributed by atoms with E-state index < -0.39 is 11.7 Å². The second kappa shape index (κ2) is 9.78. The van der Waals surface area contributed by atoms with Gasteiger partial charge >= 0.3 is 6.18 Å². The van der Waals surface area contributed by atoms with Gasteiger partial charge in [0, 0.05) is 44.2 Å². The van der Waals surface area contributed by atoms with Crippen molar-refractivity contribution in [2.24, 2.45) is 0 Å². The van der Waals surface area contributed by atoms with Crippen molar-refractivity contribution in [1.82, 2.24) is 4.90 Å². The fraction of sp³-hybridized carbons (Fsp3) is 0.348. The van der Waals surface area contributed by atoms with E-state index in [9.17, 15) is 18.0 Å². The Labute approximate surface area is 204 Å². The van der Waals surface area contributed by atoms with E-state index in [2.05, 4.69) is 4.90 Å². The molecule has 0 unspecified atom stereocenters. The molecule has 2 heterocycles. The number of amides is 1. The molecule has 0 bridgehead atoms. The van der Waals surface area contributed by atoms with Crippen molar-refractivity contribution in [1.29, 1.82) is 0 Å². The van der Waals surface area contributed by atoms with Crippen molar-refractivity contribution < 1.29 is 18.0 Å². The van der Waals surface area contributed by atoms with E-state index in [-0.39, 0.29) is 5.91 Å². The van der Waals surface area contributed by atoms with Crippen LogP contribution in [0.1, 0.15) is 11.1 Å². The van der Waals surface area contributed by atoms with Crippen molar-refractivity contribution in [3.8, 4) is 0 Å². The molecule has 0 saturated carbocycles. The van der Waals surface area contributed by atoms with Gasteiger partial charge in [0.15, 0.2) is 0 Å². The Morgan fingerprint density at radius 2 is 1.73 bits per heavy atom. The van der Waals surface area contributed by atoms with Crippen molar-refractivity contribution in [2.75, 3.05) is 55.3 Å². The van der Waals surface area contributed by atoms with Crippen LogP contribution in [-0.2, 0) is 11.0 Å². The predicted octanol–water partition coefficient (Wildman–Crippen LogP) is 5.88. The minimum atomic E-state index is -4.44. The molecule has 2 aliphatic heterocycles. The first-order chi connectivity index (χ1) is 15.6. The Bertz CT molecular complexity index is 1090. The van der Waals surface area contributed by atoms with Crippen LogP contribution in [0, 0.1) is 0 Å². The van der Waals surface area contributed by atoms with Gasteiger partial charge in [-0.3, -0.25) is 4.79 Å². The normalized spacial score (nSPS) is 19.5. The van der Waals surface area contributed by atoms with Gasteiger partial charge in [-0.15, -0.1) is 11.8 Å². The molecule has 0 radical (unpaired) electrons. The number of hydrogen-bond acceptors (Lipinski definition) is 4. The number of halogens is 5. The van der Waals surface area contributed by atoms with E-state index in [1.54, 1.807) is 29.2 Å². The molecule has 2 fully saturated rings. The number of anilines is 2. The monoisotopic (exact) mass is 515 g/mol. The van der Waals surface area contributed by atoms with E-state index in [4.69, 9.17) is 23.2 Å². The van der Waals surface area contributed by atoms with Crippen molar-refractivity contribution in [2.45, 2.75) is 6.18 Å². The lowest BCUT2D eigenvalue weighted by atomic mass is 10.1. The zero-order chi connectivity index (χ0) is 23.8. The number of likely N-dealkylation sites (N-methyl/N-ethyl adjacent to an activating group) is 1. The molecule has 2 aliphatic rings. The second-order valence-corrected chi connectivity index (χ2v) is 9.87. The van der Waals surface area contributed by atoms with Crippen LogP contribution in [-0.4, -0.2) is 56.3 Å². The van der Waals surface area contributed by atoms with Crippen molar-refractivity contribution in [3.05, 3.63) is 62.5 Å². The first-order valence-electron chi connectivity index (χ1n) is 10.4. The largest absolute Gasteiger partial charge is 0.416 e. The van der Waals surface area contributed by atoms with Crippen LogP contribution in [0.2, 0.25) is 10.0 Å². The second-order valence-electron chi connectivity index (χ2n) is 7.95. The summed E-state index contributed by atoms with van der Waals surface area (Å²) in [5, 5.41) is 0.650. The number of alkyl halides is 3. The highest BCUT2D eigenvalue weighted by molar-refractivity contribution is 8.04. The maximum absolute atomic E-state index is 13.4. The fourth-order valence-corrected chi connectivity index (χ4v) is 5.22. The van der Waals surface area contributed by atoms with E-state index in [1.165, 1.54) is 23.9 Å². The standard InChI is InChI=1S/C23H22Cl2F3N3OS/c1-29-7-9-30(10-8-29)19-14-16(23(26,27)28)6-5-15(19)13-20-22(32)31(11-12-33-20)18-4-2-3-17(24)21(18)25/h2-6,13-14H,7-12H2,1H3. The van der Waals surface area contributed by atoms with Crippen LogP contribution in [0.4, 0.5) is 24.5 Å². The molecule has 2 saturated heterocycles. The minimum absolute atomic E-state index is 0.250. The zero-order valence-electron chi connectivity index (χ0n) is 17.8. The number of carbonyl (C=O) groups is 1. The van der Waals surface area contributed by atoms with Crippen LogP contribution in [0.15, 0.2) is 41.3 Å². The highest BCUT2D eigenvalue weighted by Gasteiger charge is 2.32. The van der Waals surface area contributed by atoms with Gasteiger partial charge in [-0.05, 0) is 43.0 Å². The molecule has 2 aromatic rings. The molecule has 0 spiro atoms. The fourth-order valence-electron chi connectivity index (χ4n) is 3.88. The number of piperazine rings is 1. The maximum Gasteiger partial charge on any atom is 0.416 e. The van der Waals surface area contributed by atoms with E-state index in [1.807, 2.05) is 11.9 Å². The molecule has 0 atom stereocenters. The molecule has 0 aromatic heterocycles. The molecule has 33 heavy (non-hydrogen) atoms. The average Bonchev–Trinajstić information content (AvgIpc) is 2.77. The van der Waals surface area contributed by atoms with Crippen molar-refractivity contribution >= 4 is 58.3 Å². The highest BCUT2D eigenvalue weighted by atomic mass is 35.5. The number of carbonyl (C=O) groups excluding carboxylic acids is 1. The van der Waals surface area contributed by atoms with Gasteiger partial charge < -0.3 is 14.7 Å². The average molecular weight is 516 g/mol. The summed E-state index contributed by atoms with van der Waals surface area (Å²) in [5.74, 6) is 0.380. The Kier molecular flexibility index (Phi) is 7.19. The van der Waals surface area contributed by atoms with Crippen molar-refractivity contribution in [3.63, 3.8) is 0 Å². The predicted molar refractivity (Wildman–Crippen MR) is 130 cm³/mol. The van der Waals surface area contributed by atoms with Gasteiger partial charge in [0.2, 0.25) is 0 Å². The number of thioether (sulfide) groups is 1. The summed E-state index contributed by atoms with van der Waals surface area (Å²) < 4.78 is 40.3. The van der Waals surface area contributed by atoms with Crippen LogP contribution >= 0.6 is 35.0 Å². The minimum Gasteiger partial charge on any atom is -0.368 e. The Balaban J connectivity index is 1.71. The van der Waals surface area contributed by atoms with E-state index in [0.29, 0.717) is 57.3 Å². The first-order valence-corrected chi connectivity index (χ1v) is 12.1. The SMILES string of the molecule is CN1CCN(c2cc(C(F)(F)F)ccc2C=C2SCCN(c3cccc(Cl)c3Cl)C2=O)CC1. The molecule has 176 valence electrons. The lowest BCUT2D eigenvalue weighted by Crippen LogP contribution is -2.44. The Morgan fingerprint density at radius 3 is 2.42 bits per heavy atom. The smallest absolute Gasteiger partial charge is 0.368 e. The van der Waals surface area contributed by atoms with Crippen LogP contribution in [0.5, 0.6) is 0 Å². The zero-order valence-corrected chi connectivity index (χ0v) is 20.2. The molecular weight excluding hydrogens is 494 g/mol. The van der Waals surface area contributed by atoms with Gasteiger partial charge in [0.05, 0.1) is 26.2 Å². The molecule has 1 amide bonds. The molecule has 2 aromatic carbocycles. The summed E-state index contributed by atoms with van der Waals surface area (Å²) in [7, 11) is 1.99. The van der Waals surface area contributed by atoms with Gasteiger partial charge in [0.25, 0.3) is 5.91 Å². The maximum atomic E-state index is 13.4.